The van der Waals surface area contributed by atoms with Crippen LogP contribution in [0.15, 0.2) is 29.3 Å². The Labute approximate surface area is 171 Å². The molecule has 8 heteroatoms. The lowest BCUT2D eigenvalue weighted by molar-refractivity contribution is -0.138. The smallest absolute Gasteiger partial charge is 0.309 e. The van der Waals surface area contributed by atoms with Crippen LogP contribution in [0.1, 0.15) is 34.9 Å². The molecule has 2 aliphatic rings. The molecule has 0 amide bonds. The van der Waals surface area contributed by atoms with E-state index in [2.05, 4.69) is 0 Å². The van der Waals surface area contributed by atoms with E-state index in [-0.39, 0.29) is 18.1 Å². The minimum Gasteiger partial charge on any atom is -0.481 e. The summed E-state index contributed by atoms with van der Waals surface area (Å²) in [5.41, 5.74) is 2.21. The molecule has 2 heterocycles. The number of rotatable bonds is 2. The molecule has 6 nitrogen and oxygen atoms in total. The zero-order chi connectivity index (χ0) is 20.4. The Morgan fingerprint density at radius 3 is 2.54 bits per heavy atom. The number of halogens is 1. The van der Waals surface area contributed by atoms with Gasteiger partial charge in [0.2, 0.25) is 0 Å². The van der Waals surface area contributed by atoms with Crippen molar-refractivity contribution in [2.45, 2.75) is 32.7 Å². The maximum Gasteiger partial charge on any atom is 0.309 e. The van der Waals surface area contributed by atoms with E-state index in [1.165, 1.54) is 11.3 Å². The van der Waals surface area contributed by atoms with Crippen LogP contribution in [-0.4, -0.2) is 34.0 Å². The van der Waals surface area contributed by atoms with E-state index in [4.69, 9.17) is 27.4 Å². The number of benzene rings is 1. The summed E-state index contributed by atoms with van der Waals surface area (Å²) in [6.07, 6.45) is 0.259. The monoisotopic (exact) mass is 414 g/mol. The van der Waals surface area contributed by atoms with Crippen molar-refractivity contribution in [1.82, 2.24) is 0 Å². The number of nitrogens with one attached hydrogen (secondary N) is 2. The molecule has 1 aliphatic carbocycles. The van der Waals surface area contributed by atoms with Crippen molar-refractivity contribution < 1.29 is 9.90 Å². The van der Waals surface area contributed by atoms with Gasteiger partial charge >= 0.3 is 5.97 Å². The van der Waals surface area contributed by atoms with E-state index in [0.717, 1.165) is 26.6 Å². The van der Waals surface area contributed by atoms with Crippen molar-refractivity contribution >= 4 is 51.3 Å². The summed E-state index contributed by atoms with van der Waals surface area (Å²) in [7, 11) is 0. The molecule has 0 radical (unpaired) electrons. The molecule has 4 rings (SSSR count). The van der Waals surface area contributed by atoms with Crippen molar-refractivity contribution in [2.24, 2.45) is 10.9 Å². The second kappa shape index (κ2) is 6.25. The van der Waals surface area contributed by atoms with Gasteiger partial charge in [-0.25, -0.2) is 0 Å². The molecule has 1 aromatic heterocycles. The molecule has 3 N–H and O–H groups in total. The average molecular weight is 415 g/mol. The third kappa shape index (κ3) is 2.61. The number of carboxylic acids is 1. The van der Waals surface area contributed by atoms with Gasteiger partial charge in [0.05, 0.1) is 11.6 Å². The molecule has 1 spiro atoms. The number of thiophene rings is 1. The third-order valence-corrected chi connectivity index (χ3v) is 6.88. The first-order valence-corrected chi connectivity index (χ1v) is 10.00. The number of carbonyl (C=O) groups is 1. The first-order chi connectivity index (χ1) is 13.2. The standard InChI is InChI=1S/C20H19ClN4O2S/c1-9-10(2)28-17-15(9)16(12-4-6-13(21)7-5-12)24-20(8-14(20)18(26)27)19(23)25(17)11(3)22/h4-7,14,22-23H,8H2,1-3H3,(H,26,27)/t14?,20-/m1/s1. The highest BCUT2D eigenvalue weighted by Crippen LogP contribution is 2.53. The molecule has 28 heavy (non-hydrogen) atoms. The van der Waals surface area contributed by atoms with Crippen LogP contribution in [0.4, 0.5) is 5.00 Å². The SMILES string of the molecule is CC(=N)N1C(=N)[C@]2(CC2C(=O)O)N=C(c2ccc(Cl)cc2)c2c1sc(C)c2C. The minimum absolute atomic E-state index is 0.0545. The molecule has 1 fully saturated rings. The van der Waals surface area contributed by atoms with Crippen molar-refractivity contribution in [3.05, 3.63) is 50.9 Å². The lowest BCUT2D eigenvalue weighted by Crippen LogP contribution is -2.42. The van der Waals surface area contributed by atoms with Gasteiger partial charge in [-0.2, -0.15) is 0 Å². The van der Waals surface area contributed by atoms with E-state index in [1.54, 1.807) is 24.0 Å². The summed E-state index contributed by atoms with van der Waals surface area (Å²) in [4.78, 5) is 19.3. The van der Waals surface area contributed by atoms with Crippen LogP contribution in [0.5, 0.6) is 0 Å². The fraction of sp³-hybridized carbons (Fsp3) is 0.300. The summed E-state index contributed by atoms with van der Waals surface area (Å²) in [5, 5.41) is 28.0. The maximum absolute atomic E-state index is 11.7. The molecule has 0 saturated heterocycles. The maximum atomic E-state index is 11.7. The topological polar surface area (TPSA) is 101 Å². The van der Waals surface area contributed by atoms with E-state index in [1.807, 2.05) is 26.0 Å². The molecule has 1 saturated carbocycles. The molecular formula is C20H19ClN4O2S. The lowest BCUT2D eigenvalue weighted by atomic mass is 9.99. The largest absolute Gasteiger partial charge is 0.481 e. The number of hydrogen-bond acceptors (Lipinski definition) is 5. The van der Waals surface area contributed by atoms with Crippen molar-refractivity contribution in [1.29, 1.82) is 10.8 Å². The zero-order valence-electron chi connectivity index (χ0n) is 15.6. The van der Waals surface area contributed by atoms with Gasteiger partial charge in [-0.1, -0.05) is 23.7 Å². The van der Waals surface area contributed by atoms with Gasteiger partial charge in [0, 0.05) is 21.0 Å². The highest BCUT2D eigenvalue weighted by molar-refractivity contribution is 7.17. The van der Waals surface area contributed by atoms with Crippen LogP contribution in [-0.2, 0) is 4.79 Å². The van der Waals surface area contributed by atoms with Crippen LogP contribution in [0.25, 0.3) is 0 Å². The number of aliphatic carboxylic acids is 1. The van der Waals surface area contributed by atoms with Gasteiger partial charge in [0.1, 0.15) is 22.2 Å². The number of aryl methyl sites for hydroxylation is 1. The molecule has 1 unspecified atom stereocenters. The van der Waals surface area contributed by atoms with Crippen molar-refractivity contribution in [3.8, 4) is 0 Å². The minimum atomic E-state index is -1.15. The number of hydrogen-bond donors (Lipinski definition) is 3. The normalized spacial score (nSPS) is 23.3. The van der Waals surface area contributed by atoms with Crippen LogP contribution < -0.4 is 4.90 Å². The number of anilines is 1. The highest BCUT2D eigenvalue weighted by atomic mass is 35.5. The lowest BCUT2D eigenvalue weighted by Gasteiger charge is -2.25. The van der Waals surface area contributed by atoms with E-state index < -0.39 is 17.4 Å². The van der Waals surface area contributed by atoms with Gasteiger partial charge < -0.3 is 5.11 Å². The summed E-state index contributed by atoms with van der Waals surface area (Å²) >= 11 is 7.55. The predicted octanol–water partition coefficient (Wildman–Crippen LogP) is 4.49. The Kier molecular flexibility index (Phi) is 4.21. The molecule has 144 valence electrons. The van der Waals surface area contributed by atoms with Gasteiger partial charge in [0.15, 0.2) is 0 Å². The number of nitrogens with zero attached hydrogens (tertiary/aromatic N) is 2. The molecule has 0 bridgehead atoms. The second-order valence-electron chi connectivity index (χ2n) is 7.22. The predicted molar refractivity (Wildman–Crippen MR) is 113 cm³/mol. The van der Waals surface area contributed by atoms with Crippen LogP contribution in [0.2, 0.25) is 5.02 Å². The van der Waals surface area contributed by atoms with E-state index in [0.29, 0.717) is 10.7 Å². The van der Waals surface area contributed by atoms with Gasteiger partial charge in [-0.15, -0.1) is 11.3 Å². The number of fused-ring (bicyclic) bond motifs is 1. The summed E-state index contributed by atoms with van der Waals surface area (Å²) in [5.74, 6) is -1.50. The number of amidine groups is 2. The highest BCUT2D eigenvalue weighted by Gasteiger charge is 2.65. The third-order valence-electron chi connectivity index (χ3n) is 5.43. The van der Waals surface area contributed by atoms with Gasteiger partial charge in [-0.3, -0.25) is 25.5 Å². The Balaban J connectivity index is 2.03. The molecule has 1 aromatic carbocycles. The van der Waals surface area contributed by atoms with E-state index >= 15 is 0 Å². The quantitative estimate of drug-likeness (QED) is 0.498. The van der Waals surface area contributed by atoms with Crippen LogP contribution in [0.3, 0.4) is 0 Å². The molecular weight excluding hydrogens is 396 g/mol. The fourth-order valence-corrected chi connectivity index (χ4v) is 5.06. The Hall–Kier alpha value is -2.51. The Bertz CT molecular complexity index is 1070. The number of carboxylic acid groups (broad SMARTS) is 1. The zero-order valence-corrected chi connectivity index (χ0v) is 17.2. The van der Waals surface area contributed by atoms with Crippen LogP contribution >= 0.6 is 22.9 Å². The van der Waals surface area contributed by atoms with Crippen molar-refractivity contribution in [2.75, 3.05) is 4.90 Å². The Morgan fingerprint density at radius 2 is 2.00 bits per heavy atom. The average Bonchev–Trinajstić information content (AvgIpc) is 3.31. The molecule has 2 atom stereocenters. The first-order valence-electron chi connectivity index (χ1n) is 8.80. The first kappa shape index (κ1) is 18.8. The molecule has 2 aromatic rings. The van der Waals surface area contributed by atoms with Crippen molar-refractivity contribution in [3.63, 3.8) is 0 Å². The summed E-state index contributed by atoms with van der Waals surface area (Å²) < 4.78 is 0. The van der Waals surface area contributed by atoms with Gasteiger partial charge in [-0.05, 0) is 44.9 Å². The van der Waals surface area contributed by atoms with Gasteiger partial charge in [0.25, 0.3) is 0 Å². The second-order valence-corrected chi connectivity index (χ2v) is 8.86. The van der Waals surface area contributed by atoms with E-state index in [9.17, 15) is 9.90 Å². The summed E-state index contributed by atoms with van der Waals surface area (Å²) in [6, 6.07) is 7.27. The number of aliphatic imine (C=N–C) groups is 1. The Morgan fingerprint density at radius 1 is 1.36 bits per heavy atom. The summed E-state index contributed by atoms with van der Waals surface area (Å²) in [6.45, 7) is 5.61. The van der Waals surface area contributed by atoms with Crippen LogP contribution in [0, 0.1) is 30.6 Å². The molecule has 1 aliphatic heterocycles. The fourth-order valence-electron chi connectivity index (χ4n) is 3.71.